The Hall–Kier alpha value is -4.85. The van der Waals surface area contributed by atoms with Crippen molar-refractivity contribution in [3.05, 3.63) is 114 Å². The Labute approximate surface area is 233 Å². The maximum atomic E-state index is 13.6. The Balaban J connectivity index is 1.41. The number of nitrogens with zero attached hydrogens (tertiary/aromatic N) is 1. The molecule has 0 heterocycles. The summed E-state index contributed by atoms with van der Waals surface area (Å²) >= 11 is 0. The van der Waals surface area contributed by atoms with Crippen LogP contribution in [0.5, 0.6) is 5.75 Å². The smallest absolute Gasteiger partial charge is 0.407 e. The lowest BCUT2D eigenvalue weighted by molar-refractivity contribution is -0.139. The highest BCUT2D eigenvalue weighted by Gasteiger charge is 2.28. The van der Waals surface area contributed by atoms with Crippen LogP contribution in [0.25, 0.3) is 10.8 Å². The second kappa shape index (κ2) is 13.8. The van der Waals surface area contributed by atoms with Crippen LogP contribution in [-0.2, 0) is 33.9 Å². The third-order valence-electron chi connectivity index (χ3n) is 6.62. The van der Waals surface area contributed by atoms with Crippen LogP contribution < -0.4 is 11.1 Å². The van der Waals surface area contributed by atoms with Gasteiger partial charge in [-0.1, -0.05) is 84.9 Å². The first-order valence-corrected chi connectivity index (χ1v) is 13.2. The van der Waals surface area contributed by atoms with Gasteiger partial charge in [0.2, 0.25) is 11.8 Å². The number of phenols is 1. The highest BCUT2D eigenvalue weighted by Crippen LogP contribution is 2.20. The lowest BCUT2D eigenvalue weighted by atomic mass is 10.0. The summed E-state index contributed by atoms with van der Waals surface area (Å²) in [6, 6.07) is 28.7. The molecule has 3 amide bonds. The number of nitrogens with two attached hydrogens (primary N) is 1. The molecule has 0 unspecified atom stereocenters. The number of ether oxygens (including phenoxy) is 1. The van der Waals surface area contributed by atoms with Crippen LogP contribution in [0.15, 0.2) is 97.1 Å². The largest absolute Gasteiger partial charge is 0.508 e. The van der Waals surface area contributed by atoms with Gasteiger partial charge in [0.25, 0.3) is 0 Å². The maximum Gasteiger partial charge on any atom is 0.407 e. The molecule has 8 nitrogen and oxygen atoms in total. The predicted octanol–water partition coefficient (Wildman–Crippen LogP) is 4.68. The maximum absolute atomic E-state index is 13.6. The molecule has 4 aromatic rings. The van der Waals surface area contributed by atoms with Crippen LogP contribution in [-0.4, -0.2) is 40.5 Å². The molecule has 0 aromatic heterocycles. The number of fused-ring (bicyclic) bond motifs is 1. The molecule has 1 atom stereocenters. The summed E-state index contributed by atoms with van der Waals surface area (Å²) in [5.74, 6) is -0.769. The number of carbonyl (C=O) groups excluding carboxylic acids is 3. The number of amides is 3. The average Bonchev–Trinajstić information content (AvgIpc) is 2.96. The fourth-order valence-electron chi connectivity index (χ4n) is 4.51. The van der Waals surface area contributed by atoms with Crippen LogP contribution in [0.2, 0.25) is 0 Å². The van der Waals surface area contributed by atoms with Crippen LogP contribution in [0, 0.1) is 0 Å². The van der Waals surface area contributed by atoms with E-state index in [4.69, 9.17) is 10.5 Å². The molecule has 40 heavy (non-hydrogen) atoms. The van der Waals surface area contributed by atoms with E-state index in [0.717, 1.165) is 27.5 Å². The summed E-state index contributed by atoms with van der Waals surface area (Å²) in [6.45, 7) is 0.552. The summed E-state index contributed by atoms with van der Waals surface area (Å²) in [4.78, 5) is 39.8. The first-order valence-electron chi connectivity index (χ1n) is 13.2. The summed E-state index contributed by atoms with van der Waals surface area (Å²) in [5.41, 5.74) is 8.24. The predicted molar refractivity (Wildman–Crippen MR) is 153 cm³/mol. The van der Waals surface area contributed by atoms with E-state index in [9.17, 15) is 19.5 Å². The molecule has 0 aliphatic heterocycles. The number of hydrogen-bond acceptors (Lipinski definition) is 5. The normalized spacial score (nSPS) is 11.5. The van der Waals surface area contributed by atoms with Crippen LogP contribution in [0.1, 0.15) is 29.5 Å². The van der Waals surface area contributed by atoms with E-state index in [0.29, 0.717) is 6.42 Å². The lowest BCUT2D eigenvalue weighted by Gasteiger charge is -2.30. The number of phenolic OH excluding ortho intramolecular Hbond substituents is 1. The van der Waals surface area contributed by atoms with Gasteiger partial charge in [-0.2, -0.15) is 0 Å². The van der Waals surface area contributed by atoms with Gasteiger partial charge in [0.1, 0.15) is 18.4 Å². The van der Waals surface area contributed by atoms with Crippen molar-refractivity contribution in [3.63, 3.8) is 0 Å². The second-order valence-corrected chi connectivity index (χ2v) is 9.60. The molecule has 0 saturated carbocycles. The molecule has 0 radical (unpaired) electrons. The molecule has 206 valence electrons. The van der Waals surface area contributed by atoms with Gasteiger partial charge in [0.15, 0.2) is 0 Å². The van der Waals surface area contributed by atoms with Crippen molar-refractivity contribution in [3.8, 4) is 5.75 Å². The molecule has 8 heteroatoms. The topological polar surface area (TPSA) is 122 Å². The van der Waals surface area contributed by atoms with E-state index in [2.05, 4.69) is 5.32 Å². The molecule has 4 N–H and O–H groups in total. The molecular weight excluding hydrogens is 506 g/mol. The molecule has 0 bridgehead atoms. The minimum Gasteiger partial charge on any atom is -0.508 e. The molecule has 0 aliphatic carbocycles. The zero-order valence-electron chi connectivity index (χ0n) is 22.2. The molecule has 4 rings (SSSR count). The van der Waals surface area contributed by atoms with Gasteiger partial charge < -0.3 is 25.8 Å². The van der Waals surface area contributed by atoms with Gasteiger partial charge in [-0.25, -0.2) is 4.79 Å². The minimum atomic E-state index is -0.885. The van der Waals surface area contributed by atoms with Crippen molar-refractivity contribution in [2.45, 2.75) is 38.5 Å². The average molecular weight is 540 g/mol. The first kappa shape index (κ1) is 28.2. The lowest BCUT2D eigenvalue weighted by Crippen LogP contribution is -2.48. The molecule has 0 aliphatic rings. The van der Waals surface area contributed by atoms with E-state index in [-0.39, 0.29) is 44.2 Å². The number of benzene rings is 4. The number of hydrogen-bond donors (Lipinski definition) is 3. The number of carbonyl (C=O) groups is 3. The molecule has 0 saturated heterocycles. The SMILES string of the molecule is NC(=O)[C@@H](CCCNC(=O)OCc1ccccc1)N(Cc1ccc(O)cc1)C(=O)Cc1ccc2ccccc2c1. The third kappa shape index (κ3) is 8.07. The van der Waals surface area contributed by atoms with Crippen molar-refractivity contribution in [2.75, 3.05) is 6.54 Å². The fraction of sp³-hybridized carbons (Fsp3) is 0.219. The third-order valence-corrected chi connectivity index (χ3v) is 6.62. The van der Waals surface area contributed by atoms with Crippen LogP contribution in [0.3, 0.4) is 0 Å². The summed E-state index contributed by atoms with van der Waals surface area (Å²) < 4.78 is 5.23. The van der Waals surface area contributed by atoms with E-state index < -0.39 is 18.0 Å². The van der Waals surface area contributed by atoms with Gasteiger partial charge in [-0.15, -0.1) is 0 Å². The quantitative estimate of drug-likeness (QED) is 0.226. The van der Waals surface area contributed by atoms with Crippen molar-refractivity contribution >= 4 is 28.7 Å². The van der Waals surface area contributed by atoms with Gasteiger partial charge in [-0.05, 0) is 52.4 Å². The first-order chi connectivity index (χ1) is 19.4. The zero-order chi connectivity index (χ0) is 28.3. The van der Waals surface area contributed by atoms with E-state index >= 15 is 0 Å². The minimum absolute atomic E-state index is 0.0940. The van der Waals surface area contributed by atoms with E-state index in [1.54, 1.807) is 12.1 Å². The van der Waals surface area contributed by atoms with Crippen LogP contribution >= 0.6 is 0 Å². The fourth-order valence-corrected chi connectivity index (χ4v) is 4.51. The van der Waals surface area contributed by atoms with E-state index in [1.165, 1.54) is 17.0 Å². The Morgan fingerprint density at radius 1 is 0.825 bits per heavy atom. The van der Waals surface area contributed by atoms with Crippen molar-refractivity contribution in [2.24, 2.45) is 5.73 Å². The number of nitrogens with one attached hydrogen (secondary N) is 1. The summed E-state index contributed by atoms with van der Waals surface area (Å²) in [6.07, 6.45) is 0.198. The van der Waals surface area contributed by atoms with Crippen molar-refractivity contribution < 1.29 is 24.2 Å². The Bertz CT molecular complexity index is 1440. The monoisotopic (exact) mass is 539 g/mol. The van der Waals surface area contributed by atoms with Crippen molar-refractivity contribution in [1.29, 1.82) is 0 Å². The zero-order valence-corrected chi connectivity index (χ0v) is 22.2. The molecule has 0 fully saturated rings. The van der Waals surface area contributed by atoms with E-state index in [1.807, 2.05) is 72.8 Å². The number of alkyl carbamates (subject to hydrolysis) is 1. The second-order valence-electron chi connectivity index (χ2n) is 9.60. The Morgan fingerprint density at radius 3 is 2.23 bits per heavy atom. The molecule has 4 aromatic carbocycles. The Kier molecular flexibility index (Phi) is 9.72. The molecule has 0 spiro atoms. The summed E-state index contributed by atoms with van der Waals surface area (Å²) in [5, 5.41) is 14.5. The highest BCUT2D eigenvalue weighted by molar-refractivity contribution is 5.89. The highest BCUT2D eigenvalue weighted by atomic mass is 16.5. The number of rotatable bonds is 12. The molecular formula is C32H33N3O5. The van der Waals surface area contributed by atoms with Gasteiger partial charge in [0.05, 0.1) is 6.42 Å². The van der Waals surface area contributed by atoms with Crippen LogP contribution in [0.4, 0.5) is 4.79 Å². The number of aromatic hydroxyl groups is 1. The Morgan fingerprint density at radius 2 is 1.50 bits per heavy atom. The van der Waals surface area contributed by atoms with Gasteiger partial charge in [0, 0.05) is 13.1 Å². The van der Waals surface area contributed by atoms with Gasteiger partial charge >= 0.3 is 6.09 Å². The number of primary amides is 1. The standard InChI is InChI=1S/C32H33N3O5/c33-31(38)29(11-6-18-34-32(39)40-22-24-7-2-1-3-8-24)35(21-23-13-16-28(36)17-14-23)30(37)20-25-12-15-26-9-4-5-10-27(26)19-25/h1-5,7-10,12-17,19,29,36H,6,11,18,20-22H2,(H2,33,38)(H,34,39)/t29-/m1/s1. The van der Waals surface area contributed by atoms with Gasteiger partial charge in [-0.3, -0.25) is 9.59 Å². The van der Waals surface area contributed by atoms with Crippen molar-refractivity contribution in [1.82, 2.24) is 10.2 Å². The summed E-state index contributed by atoms with van der Waals surface area (Å²) in [7, 11) is 0.